The molecule has 0 bridgehead atoms. The standard InChI is InChI=1S/C24H26BrFN2/c1-5-9-28-23-13-22(26)18(12-21(23)16(2)14-24(28,3)4)10-19(15-27)17-7-6-8-20(25)11-17/h6-8,10-13,16H,5,9,14H2,1-4H3/b19-10+. The molecule has 28 heavy (non-hydrogen) atoms. The van der Waals surface area contributed by atoms with Crippen LogP contribution in [0.1, 0.15) is 63.1 Å². The van der Waals surface area contributed by atoms with Crippen LogP contribution in [-0.2, 0) is 0 Å². The average molecular weight is 441 g/mol. The molecule has 0 N–H and O–H groups in total. The van der Waals surface area contributed by atoms with Crippen LogP contribution < -0.4 is 4.90 Å². The van der Waals surface area contributed by atoms with Crippen LogP contribution in [0.5, 0.6) is 0 Å². The zero-order valence-corrected chi connectivity index (χ0v) is 18.5. The van der Waals surface area contributed by atoms with Crippen molar-refractivity contribution in [2.75, 3.05) is 11.4 Å². The van der Waals surface area contributed by atoms with Gasteiger partial charge in [-0.3, -0.25) is 0 Å². The molecule has 4 heteroatoms. The second-order valence-electron chi connectivity index (χ2n) is 8.18. The number of nitriles is 1. The van der Waals surface area contributed by atoms with Crippen LogP contribution in [0.4, 0.5) is 10.1 Å². The predicted molar refractivity (Wildman–Crippen MR) is 119 cm³/mol. The summed E-state index contributed by atoms with van der Waals surface area (Å²) in [5.74, 6) is 0.0507. The Morgan fingerprint density at radius 3 is 2.75 bits per heavy atom. The van der Waals surface area contributed by atoms with Crippen molar-refractivity contribution in [3.63, 3.8) is 0 Å². The average Bonchev–Trinajstić information content (AvgIpc) is 2.63. The van der Waals surface area contributed by atoms with E-state index in [9.17, 15) is 5.26 Å². The van der Waals surface area contributed by atoms with E-state index in [1.54, 1.807) is 12.1 Å². The van der Waals surface area contributed by atoms with Gasteiger partial charge in [0.1, 0.15) is 5.82 Å². The van der Waals surface area contributed by atoms with Gasteiger partial charge in [-0.25, -0.2) is 4.39 Å². The van der Waals surface area contributed by atoms with E-state index in [4.69, 9.17) is 0 Å². The molecule has 2 aromatic rings. The fourth-order valence-electron chi connectivity index (χ4n) is 4.27. The first-order chi connectivity index (χ1) is 13.3. The topological polar surface area (TPSA) is 27.0 Å². The monoisotopic (exact) mass is 440 g/mol. The van der Waals surface area contributed by atoms with E-state index >= 15 is 4.39 Å². The molecule has 2 aromatic carbocycles. The Kier molecular flexibility index (Phi) is 5.95. The minimum Gasteiger partial charge on any atom is -0.366 e. The molecule has 1 atom stereocenters. The largest absolute Gasteiger partial charge is 0.366 e. The molecule has 0 amide bonds. The van der Waals surface area contributed by atoms with Gasteiger partial charge in [0.25, 0.3) is 0 Å². The molecule has 0 fully saturated rings. The normalized spacial score (nSPS) is 18.5. The maximum atomic E-state index is 15.1. The third-order valence-corrected chi connectivity index (χ3v) is 6.00. The van der Waals surface area contributed by atoms with Crippen molar-refractivity contribution >= 4 is 33.3 Å². The van der Waals surface area contributed by atoms with Crippen molar-refractivity contribution in [1.82, 2.24) is 0 Å². The molecule has 0 saturated heterocycles. The third kappa shape index (κ3) is 4.00. The zero-order chi connectivity index (χ0) is 20.5. The summed E-state index contributed by atoms with van der Waals surface area (Å²) in [4.78, 5) is 2.33. The summed E-state index contributed by atoms with van der Waals surface area (Å²) in [6.45, 7) is 9.72. The van der Waals surface area contributed by atoms with Crippen LogP contribution in [0.2, 0.25) is 0 Å². The van der Waals surface area contributed by atoms with Gasteiger partial charge >= 0.3 is 0 Å². The lowest BCUT2D eigenvalue weighted by atomic mass is 9.79. The van der Waals surface area contributed by atoms with Crippen LogP contribution in [0.15, 0.2) is 40.9 Å². The highest BCUT2D eigenvalue weighted by atomic mass is 79.9. The Bertz CT molecular complexity index is 956. The van der Waals surface area contributed by atoms with Gasteiger partial charge in [-0.05, 0) is 74.1 Å². The number of fused-ring (bicyclic) bond motifs is 1. The van der Waals surface area contributed by atoms with Crippen molar-refractivity contribution < 1.29 is 4.39 Å². The van der Waals surface area contributed by atoms with Gasteiger partial charge in [0, 0.05) is 27.8 Å². The predicted octanol–water partition coefficient (Wildman–Crippen LogP) is 7.15. The molecular weight excluding hydrogens is 415 g/mol. The van der Waals surface area contributed by atoms with E-state index in [2.05, 4.69) is 54.6 Å². The molecule has 0 aliphatic carbocycles. The summed E-state index contributed by atoms with van der Waals surface area (Å²) in [6.07, 6.45) is 3.70. The number of benzene rings is 2. The molecular formula is C24H26BrFN2. The quantitative estimate of drug-likeness (QED) is 0.372. The van der Waals surface area contributed by atoms with E-state index < -0.39 is 0 Å². The third-order valence-electron chi connectivity index (χ3n) is 5.51. The molecule has 1 aliphatic rings. The Hall–Kier alpha value is -2.12. The van der Waals surface area contributed by atoms with Gasteiger partial charge in [-0.15, -0.1) is 0 Å². The molecule has 3 rings (SSSR count). The summed E-state index contributed by atoms with van der Waals surface area (Å²) in [6, 6.07) is 13.3. The smallest absolute Gasteiger partial charge is 0.132 e. The Labute approximate surface area is 175 Å². The highest BCUT2D eigenvalue weighted by molar-refractivity contribution is 9.10. The lowest BCUT2D eigenvalue weighted by molar-refractivity contribution is 0.375. The van der Waals surface area contributed by atoms with Crippen molar-refractivity contribution in [2.24, 2.45) is 0 Å². The van der Waals surface area contributed by atoms with Crippen LogP contribution in [0.3, 0.4) is 0 Å². The molecule has 0 spiro atoms. The SMILES string of the molecule is CCCN1c2cc(F)c(/C=C(\C#N)c3cccc(Br)c3)cc2C(C)CC1(C)C. The second-order valence-corrected chi connectivity index (χ2v) is 9.10. The van der Waals surface area contributed by atoms with Gasteiger partial charge in [0.2, 0.25) is 0 Å². The second kappa shape index (κ2) is 8.09. The van der Waals surface area contributed by atoms with Crippen molar-refractivity contribution in [3.05, 3.63) is 63.4 Å². The van der Waals surface area contributed by atoms with Crippen LogP contribution in [-0.4, -0.2) is 12.1 Å². The fraction of sp³-hybridized carbons (Fsp3) is 0.375. The highest BCUT2D eigenvalue weighted by Gasteiger charge is 2.36. The van der Waals surface area contributed by atoms with Crippen LogP contribution in [0, 0.1) is 17.1 Å². The first-order valence-corrected chi connectivity index (χ1v) is 10.5. The van der Waals surface area contributed by atoms with Crippen molar-refractivity contribution in [2.45, 2.75) is 52.0 Å². The zero-order valence-electron chi connectivity index (χ0n) is 16.9. The van der Waals surface area contributed by atoms with Crippen LogP contribution >= 0.6 is 15.9 Å². The van der Waals surface area contributed by atoms with Gasteiger partial charge in [0.15, 0.2) is 0 Å². The molecule has 2 nitrogen and oxygen atoms in total. The Morgan fingerprint density at radius 1 is 1.36 bits per heavy atom. The van der Waals surface area contributed by atoms with E-state index in [1.165, 1.54) is 0 Å². The number of hydrogen-bond donors (Lipinski definition) is 0. The number of allylic oxidation sites excluding steroid dienone is 1. The summed E-state index contributed by atoms with van der Waals surface area (Å²) in [7, 11) is 0. The molecule has 1 aliphatic heterocycles. The number of halogens is 2. The van der Waals surface area contributed by atoms with E-state index in [0.717, 1.165) is 40.7 Å². The Morgan fingerprint density at radius 2 is 2.11 bits per heavy atom. The van der Waals surface area contributed by atoms with Gasteiger partial charge in [-0.2, -0.15) is 5.26 Å². The Balaban J connectivity index is 2.10. The lowest BCUT2D eigenvalue weighted by Crippen LogP contribution is -2.48. The minimum atomic E-state index is -0.285. The summed E-state index contributed by atoms with van der Waals surface area (Å²) in [5.41, 5.74) is 3.84. The van der Waals surface area contributed by atoms with Gasteiger partial charge < -0.3 is 4.90 Å². The van der Waals surface area contributed by atoms with Crippen LogP contribution in [0.25, 0.3) is 11.6 Å². The summed E-state index contributed by atoms with van der Waals surface area (Å²) in [5, 5.41) is 9.63. The molecule has 0 radical (unpaired) electrons. The maximum Gasteiger partial charge on any atom is 0.132 e. The molecule has 0 saturated carbocycles. The number of rotatable bonds is 4. The lowest BCUT2D eigenvalue weighted by Gasteiger charge is -2.47. The van der Waals surface area contributed by atoms with Gasteiger partial charge in [0.05, 0.1) is 11.6 Å². The molecule has 0 aromatic heterocycles. The maximum absolute atomic E-state index is 15.1. The van der Waals surface area contributed by atoms with E-state index in [-0.39, 0.29) is 11.4 Å². The molecule has 146 valence electrons. The van der Waals surface area contributed by atoms with Crippen molar-refractivity contribution in [1.29, 1.82) is 5.26 Å². The van der Waals surface area contributed by atoms with E-state index in [1.807, 2.05) is 30.3 Å². The fourth-order valence-corrected chi connectivity index (χ4v) is 4.67. The minimum absolute atomic E-state index is 0.000350. The number of hydrogen-bond acceptors (Lipinski definition) is 2. The summed E-state index contributed by atoms with van der Waals surface area (Å²) >= 11 is 3.43. The van der Waals surface area contributed by atoms with Crippen molar-refractivity contribution in [3.8, 4) is 6.07 Å². The van der Waals surface area contributed by atoms with Gasteiger partial charge in [-0.1, -0.05) is 41.9 Å². The number of nitrogens with zero attached hydrogens (tertiary/aromatic N) is 2. The molecule has 1 heterocycles. The summed E-state index contributed by atoms with van der Waals surface area (Å²) < 4.78 is 16.0. The highest BCUT2D eigenvalue weighted by Crippen LogP contribution is 2.44. The first-order valence-electron chi connectivity index (χ1n) is 9.75. The first kappa shape index (κ1) is 20.6. The molecule has 1 unspecified atom stereocenters. The number of anilines is 1. The van der Waals surface area contributed by atoms with E-state index in [0.29, 0.717) is 17.1 Å².